The predicted molar refractivity (Wildman–Crippen MR) is 41.1 cm³/mol. The van der Waals surface area contributed by atoms with Gasteiger partial charge in [-0.25, -0.2) is 0 Å². The summed E-state index contributed by atoms with van der Waals surface area (Å²) in [7, 11) is 0. The Bertz CT molecular complexity index is 230. The van der Waals surface area contributed by atoms with Crippen molar-refractivity contribution >= 4 is 22.6 Å². The van der Waals surface area contributed by atoms with Crippen molar-refractivity contribution in [2.45, 2.75) is 19.4 Å². The molecule has 0 radical (unpaired) electrons. The molecule has 0 N–H and O–H groups in total. The minimum absolute atomic E-state index is 1.03. The van der Waals surface area contributed by atoms with E-state index in [1.807, 2.05) is 0 Å². The molecule has 48 valence electrons. The fraction of sp³-hybridized carbons (Fsp3) is 0.600. The normalized spacial score (nSPS) is 16.1. The van der Waals surface area contributed by atoms with Gasteiger partial charge in [0.1, 0.15) is 5.82 Å². The van der Waals surface area contributed by atoms with Crippen molar-refractivity contribution in [3.63, 3.8) is 0 Å². The summed E-state index contributed by atoms with van der Waals surface area (Å²) in [5.74, 6) is 1.15. The molecule has 9 heavy (non-hydrogen) atoms. The van der Waals surface area contributed by atoms with Crippen LogP contribution < -0.4 is 0 Å². The van der Waals surface area contributed by atoms with Gasteiger partial charge in [0.15, 0.2) is 3.83 Å². The number of aryl methyl sites for hydroxylation is 1. The molecule has 1 aliphatic heterocycles. The van der Waals surface area contributed by atoms with E-state index in [1.165, 1.54) is 6.42 Å². The van der Waals surface area contributed by atoms with Crippen molar-refractivity contribution < 1.29 is 0 Å². The van der Waals surface area contributed by atoms with Crippen LogP contribution in [0.2, 0.25) is 0 Å². The Morgan fingerprint density at radius 1 is 1.44 bits per heavy atom. The van der Waals surface area contributed by atoms with Gasteiger partial charge in [0, 0.05) is 35.6 Å². The van der Waals surface area contributed by atoms with E-state index < -0.39 is 0 Å². The smallest absolute Gasteiger partial charge is 0.194 e. The topological polar surface area (TPSA) is 30.7 Å². The first-order valence-electron chi connectivity index (χ1n) is 2.95. The highest BCUT2D eigenvalue weighted by Crippen LogP contribution is 2.14. The third-order valence-corrected chi connectivity index (χ3v) is 2.36. The van der Waals surface area contributed by atoms with Crippen molar-refractivity contribution in [1.29, 1.82) is 0 Å². The molecule has 0 amide bonds. The average molecular weight is 235 g/mol. The van der Waals surface area contributed by atoms with Gasteiger partial charge in [0.2, 0.25) is 0 Å². The molecule has 3 nitrogen and oxygen atoms in total. The molecule has 0 aromatic carbocycles. The van der Waals surface area contributed by atoms with Crippen LogP contribution in [0.4, 0.5) is 0 Å². The lowest BCUT2D eigenvalue weighted by Gasteiger charge is -1.91. The van der Waals surface area contributed by atoms with Crippen molar-refractivity contribution in [2.75, 3.05) is 0 Å². The molecule has 0 aliphatic carbocycles. The monoisotopic (exact) mass is 235 g/mol. The zero-order valence-corrected chi connectivity index (χ0v) is 7.00. The van der Waals surface area contributed by atoms with Crippen LogP contribution in [-0.2, 0) is 13.0 Å². The summed E-state index contributed by atoms with van der Waals surface area (Å²) in [6.45, 7) is 1.11. The van der Waals surface area contributed by atoms with Crippen molar-refractivity contribution in [3.8, 4) is 0 Å². The maximum Gasteiger partial charge on any atom is 0.194 e. The second kappa shape index (κ2) is 1.93. The summed E-state index contributed by atoms with van der Waals surface area (Å²) >= 11 is 2.21. The van der Waals surface area contributed by atoms with E-state index in [0.29, 0.717) is 0 Å². The van der Waals surface area contributed by atoms with Crippen molar-refractivity contribution in [2.24, 2.45) is 0 Å². The summed E-state index contributed by atoms with van der Waals surface area (Å²) in [4.78, 5) is 0. The molecule has 1 aromatic heterocycles. The van der Waals surface area contributed by atoms with Crippen LogP contribution in [0, 0.1) is 3.83 Å². The maximum absolute atomic E-state index is 4.00. The highest BCUT2D eigenvalue weighted by atomic mass is 127. The summed E-state index contributed by atoms with van der Waals surface area (Å²) in [5, 5.41) is 7.94. The van der Waals surface area contributed by atoms with Gasteiger partial charge in [0.25, 0.3) is 0 Å². The zero-order valence-electron chi connectivity index (χ0n) is 4.84. The molecule has 1 aliphatic rings. The van der Waals surface area contributed by atoms with Crippen LogP contribution in [0.5, 0.6) is 0 Å². The number of aromatic nitrogens is 3. The Morgan fingerprint density at radius 2 is 2.33 bits per heavy atom. The van der Waals surface area contributed by atoms with E-state index in [2.05, 4.69) is 37.4 Å². The van der Waals surface area contributed by atoms with Crippen LogP contribution in [0.1, 0.15) is 12.2 Å². The molecule has 0 saturated carbocycles. The summed E-state index contributed by atoms with van der Waals surface area (Å²) in [5.41, 5.74) is 0. The van der Waals surface area contributed by atoms with E-state index in [-0.39, 0.29) is 0 Å². The second-order valence-electron chi connectivity index (χ2n) is 2.14. The fourth-order valence-electron chi connectivity index (χ4n) is 1.11. The molecular weight excluding hydrogens is 229 g/mol. The van der Waals surface area contributed by atoms with Gasteiger partial charge in [0.05, 0.1) is 0 Å². The van der Waals surface area contributed by atoms with Gasteiger partial charge in [-0.05, 0) is 6.42 Å². The molecule has 0 bridgehead atoms. The van der Waals surface area contributed by atoms with Crippen LogP contribution in [0.25, 0.3) is 0 Å². The molecule has 0 unspecified atom stereocenters. The Balaban J connectivity index is 2.56. The first-order valence-corrected chi connectivity index (χ1v) is 4.03. The molecule has 0 saturated heterocycles. The average Bonchev–Trinajstić information content (AvgIpc) is 2.35. The second-order valence-corrected chi connectivity index (χ2v) is 3.11. The van der Waals surface area contributed by atoms with E-state index in [4.69, 9.17) is 0 Å². The van der Waals surface area contributed by atoms with Gasteiger partial charge in [-0.1, -0.05) is 0 Å². The van der Waals surface area contributed by atoms with Gasteiger partial charge in [-0.15, -0.1) is 10.2 Å². The standard InChI is InChI=1S/C5H6IN3/c6-5-8-7-4-2-1-3-9(4)5/h1-3H2. The first-order chi connectivity index (χ1) is 4.38. The Kier molecular flexibility index (Phi) is 1.21. The van der Waals surface area contributed by atoms with Gasteiger partial charge in [-0.3, -0.25) is 0 Å². The highest BCUT2D eigenvalue weighted by molar-refractivity contribution is 14.1. The number of rotatable bonds is 0. The number of fused-ring (bicyclic) bond motifs is 1. The lowest BCUT2D eigenvalue weighted by molar-refractivity contribution is 0.722. The van der Waals surface area contributed by atoms with Crippen LogP contribution in [-0.4, -0.2) is 14.8 Å². The number of nitrogens with zero attached hydrogens (tertiary/aromatic N) is 3. The van der Waals surface area contributed by atoms with Gasteiger partial charge in [-0.2, -0.15) is 0 Å². The molecule has 2 rings (SSSR count). The highest BCUT2D eigenvalue weighted by Gasteiger charge is 2.14. The van der Waals surface area contributed by atoms with Crippen molar-refractivity contribution in [1.82, 2.24) is 14.8 Å². The fourth-order valence-corrected chi connectivity index (χ4v) is 1.74. The molecular formula is C5H6IN3. The quantitative estimate of drug-likeness (QED) is 0.623. The minimum atomic E-state index is 1.03. The van der Waals surface area contributed by atoms with E-state index in [9.17, 15) is 0 Å². The number of halogens is 1. The third kappa shape index (κ3) is 0.762. The minimum Gasteiger partial charge on any atom is -0.306 e. The van der Waals surface area contributed by atoms with Crippen LogP contribution in [0.3, 0.4) is 0 Å². The first kappa shape index (κ1) is 5.64. The SMILES string of the molecule is Ic1nnc2n1CCC2. The summed E-state index contributed by atoms with van der Waals surface area (Å²) in [6, 6.07) is 0. The molecule has 1 aromatic rings. The van der Waals surface area contributed by atoms with Gasteiger partial charge >= 0.3 is 0 Å². The van der Waals surface area contributed by atoms with Gasteiger partial charge < -0.3 is 4.57 Å². The Morgan fingerprint density at radius 3 is 3.11 bits per heavy atom. The number of hydrogen-bond acceptors (Lipinski definition) is 2. The predicted octanol–water partition coefficient (Wildman–Crippen LogP) is 0.829. The van der Waals surface area contributed by atoms with Crippen LogP contribution >= 0.6 is 22.6 Å². The third-order valence-electron chi connectivity index (χ3n) is 1.56. The Labute approximate surface area is 66.6 Å². The van der Waals surface area contributed by atoms with E-state index in [0.717, 1.165) is 22.6 Å². The Hall–Kier alpha value is -0.130. The molecule has 4 heteroatoms. The molecule has 0 atom stereocenters. The van der Waals surface area contributed by atoms with E-state index >= 15 is 0 Å². The molecule has 2 heterocycles. The summed E-state index contributed by atoms with van der Waals surface area (Å²) < 4.78 is 3.20. The number of hydrogen-bond donors (Lipinski definition) is 0. The van der Waals surface area contributed by atoms with Crippen LogP contribution in [0.15, 0.2) is 0 Å². The summed E-state index contributed by atoms with van der Waals surface area (Å²) in [6.07, 6.45) is 2.34. The zero-order chi connectivity index (χ0) is 6.27. The lowest BCUT2D eigenvalue weighted by atomic mass is 10.4. The largest absolute Gasteiger partial charge is 0.306 e. The lowest BCUT2D eigenvalue weighted by Crippen LogP contribution is -1.94. The molecule has 0 fully saturated rings. The maximum atomic E-state index is 4.00. The molecule has 0 spiro atoms. The van der Waals surface area contributed by atoms with Crippen molar-refractivity contribution in [3.05, 3.63) is 9.66 Å². The van der Waals surface area contributed by atoms with E-state index in [1.54, 1.807) is 0 Å².